The van der Waals surface area contributed by atoms with Gasteiger partial charge in [-0.2, -0.15) is 0 Å². The average molecular weight is 1390 g/mol. The molecule has 0 fully saturated rings. The van der Waals surface area contributed by atoms with Gasteiger partial charge in [0.2, 0.25) is 0 Å². The molecule has 0 aromatic rings. The number of rotatable bonds is 68. The molecule has 3 N–H and O–H groups in total. The van der Waals surface area contributed by atoms with Crippen molar-refractivity contribution in [2.45, 2.75) is 303 Å². The zero-order valence-electron chi connectivity index (χ0n) is 59.8. The Hall–Kier alpha value is -4.54. The van der Waals surface area contributed by atoms with Gasteiger partial charge in [0, 0.05) is 12.8 Å². The highest BCUT2D eigenvalue weighted by atomic mass is 31.2. The van der Waals surface area contributed by atoms with Crippen LogP contribution in [0.3, 0.4) is 0 Å². The van der Waals surface area contributed by atoms with E-state index < -0.39 is 97.5 Å². The Kier molecular flexibility index (Phi) is 65.7. The van der Waals surface area contributed by atoms with E-state index in [1.54, 1.807) is 12.2 Å². The largest absolute Gasteiger partial charge is 0.472 e. The van der Waals surface area contributed by atoms with Crippen LogP contribution >= 0.6 is 15.6 Å². The third-order valence-electron chi connectivity index (χ3n) is 15.0. The second kappa shape index (κ2) is 69.0. The van der Waals surface area contributed by atoms with Crippen LogP contribution in [-0.4, -0.2) is 96.7 Å². The number of carbonyl (C=O) groups excluding carboxylic acids is 4. The van der Waals surface area contributed by atoms with Crippen molar-refractivity contribution in [3.63, 3.8) is 0 Å². The van der Waals surface area contributed by atoms with Crippen LogP contribution in [-0.2, 0) is 65.4 Å². The molecule has 0 heterocycles. The fourth-order valence-electron chi connectivity index (χ4n) is 9.48. The predicted octanol–water partition coefficient (Wildman–Crippen LogP) is 20.8. The molecule has 4 atom stereocenters. The lowest BCUT2D eigenvalue weighted by Crippen LogP contribution is -2.30. The second-order valence-corrected chi connectivity index (χ2v) is 27.1. The summed E-state index contributed by atoms with van der Waals surface area (Å²) in [4.78, 5) is 72.6. The van der Waals surface area contributed by atoms with E-state index >= 15 is 0 Å². The normalized spacial score (nSPS) is 14.7. The highest BCUT2D eigenvalue weighted by Crippen LogP contribution is 2.45. The summed E-state index contributed by atoms with van der Waals surface area (Å²) in [6.45, 7) is 4.41. The molecule has 19 heteroatoms. The number of carbonyl (C=O) groups is 4. The van der Waals surface area contributed by atoms with Crippen LogP contribution in [0.2, 0.25) is 0 Å². The van der Waals surface area contributed by atoms with Gasteiger partial charge < -0.3 is 33.8 Å². The molecular formula is C77H130O17P2. The lowest BCUT2D eigenvalue weighted by molar-refractivity contribution is -0.161. The summed E-state index contributed by atoms with van der Waals surface area (Å²) in [5.74, 6) is -2.46. The van der Waals surface area contributed by atoms with Crippen molar-refractivity contribution in [1.29, 1.82) is 0 Å². The Bertz CT molecular complexity index is 2140. The third kappa shape index (κ3) is 68.0. The number of phosphoric acid groups is 2. The lowest BCUT2D eigenvalue weighted by Gasteiger charge is -2.21. The molecule has 0 saturated carbocycles. The van der Waals surface area contributed by atoms with Crippen molar-refractivity contribution < 1.29 is 80.2 Å². The quantitative estimate of drug-likeness (QED) is 0.0169. The van der Waals surface area contributed by atoms with Gasteiger partial charge in [-0.15, -0.1) is 0 Å². The SMILES string of the molecule is CC/C=C\C/C=C\C/C=C\C/C=C\C/C=C\CC(=O)OCC(COP(=O)(O)OCC(O)COP(=O)(O)OCC(COC(=O)C/C=C\C/C=C\C/C=C\C/C=C\C/C=C\CC)OC(=O)CCCCCCCCCCCCCCC)OC(=O)CCCCCCCCCCCCCCC. The van der Waals surface area contributed by atoms with Gasteiger partial charge in [0.05, 0.1) is 39.3 Å². The molecule has 96 heavy (non-hydrogen) atoms. The minimum atomic E-state index is -4.99. The smallest absolute Gasteiger partial charge is 0.461 e. The molecule has 0 spiro atoms. The monoisotopic (exact) mass is 1390 g/mol. The summed E-state index contributed by atoms with van der Waals surface area (Å²) < 4.78 is 68.1. The van der Waals surface area contributed by atoms with Crippen LogP contribution in [0.25, 0.3) is 0 Å². The highest BCUT2D eigenvalue weighted by molar-refractivity contribution is 7.47. The number of phosphoric ester groups is 2. The van der Waals surface area contributed by atoms with E-state index in [4.69, 9.17) is 37.0 Å². The Morgan fingerprint density at radius 2 is 0.531 bits per heavy atom. The molecular weight excluding hydrogens is 1260 g/mol. The van der Waals surface area contributed by atoms with E-state index in [0.717, 1.165) is 103 Å². The summed E-state index contributed by atoms with van der Waals surface area (Å²) in [5.41, 5.74) is 0. The Morgan fingerprint density at radius 1 is 0.302 bits per heavy atom. The first kappa shape index (κ1) is 91.5. The summed E-state index contributed by atoms with van der Waals surface area (Å²) in [5, 5.41) is 10.6. The van der Waals surface area contributed by atoms with Crippen LogP contribution in [0.15, 0.2) is 122 Å². The zero-order chi connectivity index (χ0) is 70.4. The number of ether oxygens (including phenoxy) is 4. The van der Waals surface area contributed by atoms with Gasteiger partial charge in [-0.05, 0) is 77.0 Å². The second-order valence-electron chi connectivity index (χ2n) is 24.2. The molecule has 550 valence electrons. The maximum Gasteiger partial charge on any atom is 0.472 e. The number of aliphatic hydroxyl groups excluding tert-OH is 1. The average Bonchev–Trinajstić information content (AvgIpc) is 1.14. The molecule has 0 saturated heterocycles. The molecule has 0 aromatic carbocycles. The van der Waals surface area contributed by atoms with Crippen molar-refractivity contribution in [2.75, 3.05) is 39.6 Å². The molecule has 17 nitrogen and oxygen atoms in total. The fourth-order valence-corrected chi connectivity index (χ4v) is 11.1. The first-order valence-corrected chi connectivity index (χ1v) is 39.8. The van der Waals surface area contributed by atoms with Crippen molar-refractivity contribution in [1.82, 2.24) is 0 Å². The fraction of sp³-hybridized carbons (Fsp3) is 0.688. The van der Waals surface area contributed by atoms with Gasteiger partial charge >= 0.3 is 39.5 Å². The maximum atomic E-state index is 13.0. The Morgan fingerprint density at radius 3 is 0.792 bits per heavy atom. The molecule has 0 rings (SSSR count). The van der Waals surface area contributed by atoms with Crippen molar-refractivity contribution in [3.8, 4) is 0 Å². The van der Waals surface area contributed by atoms with E-state index in [1.165, 1.54) is 103 Å². The maximum absolute atomic E-state index is 13.0. The minimum Gasteiger partial charge on any atom is -0.461 e. The summed E-state index contributed by atoms with van der Waals surface area (Å²) in [6, 6.07) is 0. The number of unbranched alkanes of at least 4 members (excludes halogenated alkanes) is 24. The third-order valence-corrected chi connectivity index (χ3v) is 16.9. The van der Waals surface area contributed by atoms with E-state index in [2.05, 4.69) is 101 Å². The van der Waals surface area contributed by atoms with Crippen LogP contribution in [0.4, 0.5) is 0 Å². The van der Waals surface area contributed by atoms with Crippen LogP contribution in [0.5, 0.6) is 0 Å². The summed E-state index contributed by atoms with van der Waals surface area (Å²) >= 11 is 0. The van der Waals surface area contributed by atoms with Gasteiger partial charge in [-0.3, -0.25) is 37.3 Å². The molecule has 4 unspecified atom stereocenters. The molecule has 0 amide bonds. The number of hydrogen-bond donors (Lipinski definition) is 3. The van der Waals surface area contributed by atoms with E-state index in [0.29, 0.717) is 25.7 Å². The van der Waals surface area contributed by atoms with Gasteiger partial charge in [0.25, 0.3) is 0 Å². The van der Waals surface area contributed by atoms with Gasteiger partial charge in [-0.25, -0.2) is 9.13 Å². The van der Waals surface area contributed by atoms with Gasteiger partial charge in [0.1, 0.15) is 19.3 Å². The molecule has 0 aromatic heterocycles. The van der Waals surface area contributed by atoms with Crippen molar-refractivity contribution in [2.24, 2.45) is 0 Å². The van der Waals surface area contributed by atoms with E-state index in [1.807, 2.05) is 36.5 Å². The standard InChI is InChI=1S/C77H130O17P2/c1-5-9-13-17-21-25-29-33-35-39-41-45-49-53-57-61-74(79)87-67-72(93-76(81)63-59-55-51-47-43-37-31-27-23-19-15-11-7-3)69-91-95(83,84)89-65-71(78)66-90-96(85,86)92-70-73(94-77(82)64-60-56-52-48-44-38-32-28-24-20-16-12-8-4)68-88-75(80)62-58-54-50-46-42-40-36-34-30-26-22-18-14-10-6-2/h9-10,13-14,21-22,25-26,33-36,41-42,45-46,53-54,57-58,71-73,78H,5-8,11-12,15-20,23-24,27-32,37-40,43-44,47-52,55-56,59-70H2,1-4H3,(H,83,84)(H,85,86)/b13-9-,14-10-,25-21-,26-22-,35-33-,36-34-,45-41-,46-42-,57-53-,58-54-. The number of hydrogen-bond acceptors (Lipinski definition) is 15. The first-order chi connectivity index (χ1) is 46.7. The number of aliphatic hydroxyl groups is 1. The van der Waals surface area contributed by atoms with Crippen LogP contribution < -0.4 is 0 Å². The molecule has 0 radical (unpaired) electrons. The van der Waals surface area contributed by atoms with Crippen molar-refractivity contribution >= 4 is 39.5 Å². The molecule has 0 aliphatic rings. The predicted molar refractivity (Wildman–Crippen MR) is 390 cm³/mol. The van der Waals surface area contributed by atoms with E-state index in [9.17, 15) is 43.2 Å². The molecule has 0 bridgehead atoms. The zero-order valence-corrected chi connectivity index (χ0v) is 61.5. The minimum absolute atomic E-state index is 0.0720. The lowest BCUT2D eigenvalue weighted by atomic mass is 10.0. The Balaban J connectivity index is 5.46. The van der Waals surface area contributed by atoms with Crippen molar-refractivity contribution in [3.05, 3.63) is 122 Å². The highest BCUT2D eigenvalue weighted by Gasteiger charge is 2.30. The first-order valence-electron chi connectivity index (χ1n) is 36.8. The Labute approximate surface area is 581 Å². The van der Waals surface area contributed by atoms with Crippen LogP contribution in [0.1, 0.15) is 285 Å². The number of allylic oxidation sites excluding steroid dienone is 18. The summed E-state index contributed by atoms with van der Waals surface area (Å²) in [7, 11) is -9.99. The topological polar surface area (TPSA) is 237 Å². The molecule has 0 aliphatic heterocycles. The van der Waals surface area contributed by atoms with E-state index in [-0.39, 0.29) is 25.7 Å². The van der Waals surface area contributed by atoms with Crippen LogP contribution in [0, 0.1) is 0 Å². The van der Waals surface area contributed by atoms with Gasteiger partial charge in [0.15, 0.2) is 12.2 Å². The molecule has 0 aliphatic carbocycles. The number of esters is 4. The summed E-state index contributed by atoms with van der Waals surface area (Å²) in [6.07, 6.45) is 74.1. The van der Waals surface area contributed by atoms with Gasteiger partial charge in [-0.1, -0.05) is 303 Å².